The van der Waals surface area contributed by atoms with Crippen LogP contribution in [0.4, 0.5) is 4.39 Å². The summed E-state index contributed by atoms with van der Waals surface area (Å²) in [5.74, 6) is 0.254. The monoisotopic (exact) mass is 388 g/mol. The third kappa shape index (κ3) is 5.02. The first kappa shape index (κ1) is 19.3. The van der Waals surface area contributed by atoms with Gasteiger partial charge in [-0.2, -0.15) is 0 Å². The van der Waals surface area contributed by atoms with Crippen molar-refractivity contribution in [1.82, 2.24) is 9.71 Å². The Kier molecular flexibility index (Phi) is 5.72. The van der Waals surface area contributed by atoms with Crippen LogP contribution in [0.2, 0.25) is 0 Å². The van der Waals surface area contributed by atoms with Gasteiger partial charge in [-0.05, 0) is 31.5 Å². The maximum absolute atomic E-state index is 13.9. The summed E-state index contributed by atoms with van der Waals surface area (Å²) >= 11 is 0. The van der Waals surface area contributed by atoms with Crippen molar-refractivity contribution >= 4 is 10.0 Å². The van der Waals surface area contributed by atoms with E-state index in [2.05, 4.69) is 9.71 Å². The third-order valence-corrected chi connectivity index (χ3v) is 5.52. The summed E-state index contributed by atoms with van der Waals surface area (Å²) in [4.78, 5) is 4.31. The van der Waals surface area contributed by atoms with Gasteiger partial charge >= 0.3 is 0 Å². The molecule has 0 bridgehead atoms. The Morgan fingerprint density at radius 2 is 1.78 bits per heavy atom. The highest BCUT2D eigenvalue weighted by Crippen LogP contribution is 2.24. The lowest BCUT2D eigenvalue weighted by Crippen LogP contribution is -2.27. The van der Waals surface area contributed by atoms with Crippen LogP contribution in [0, 0.1) is 19.7 Å². The van der Waals surface area contributed by atoms with E-state index >= 15 is 0 Å². The third-order valence-electron chi connectivity index (χ3n) is 4.16. The van der Waals surface area contributed by atoms with E-state index in [1.807, 2.05) is 19.1 Å². The van der Waals surface area contributed by atoms with Crippen LogP contribution < -0.4 is 4.72 Å². The average molecular weight is 388 g/mol. The van der Waals surface area contributed by atoms with Crippen molar-refractivity contribution in [1.29, 1.82) is 0 Å². The summed E-state index contributed by atoms with van der Waals surface area (Å²) in [5.41, 5.74) is 2.70. The molecular weight excluding hydrogens is 367 g/mol. The molecule has 142 valence electrons. The van der Waals surface area contributed by atoms with E-state index in [4.69, 9.17) is 4.42 Å². The Morgan fingerprint density at radius 1 is 1.07 bits per heavy atom. The molecule has 2 aromatic carbocycles. The topological polar surface area (TPSA) is 72.2 Å². The number of aryl methyl sites for hydroxylation is 2. The Bertz CT molecular complexity index is 1030. The number of halogens is 1. The van der Waals surface area contributed by atoms with Crippen molar-refractivity contribution in [2.45, 2.75) is 26.0 Å². The van der Waals surface area contributed by atoms with Gasteiger partial charge < -0.3 is 4.42 Å². The number of sulfonamides is 1. The van der Waals surface area contributed by atoms with Crippen molar-refractivity contribution in [3.05, 3.63) is 76.9 Å². The largest absolute Gasteiger partial charge is 0.441 e. The lowest BCUT2D eigenvalue weighted by molar-refractivity contribution is 0.531. The number of rotatable bonds is 7. The van der Waals surface area contributed by atoms with Gasteiger partial charge in [0.15, 0.2) is 0 Å². The molecule has 0 amide bonds. The molecule has 0 aliphatic heterocycles. The molecule has 0 atom stereocenters. The zero-order chi connectivity index (χ0) is 19.4. The zero-order valence-corrected chi connectivity index (χ0v) is 16.0. The first-order valence-corrected chi connectivity index (χ1v) is 10.2. The second kappa shape index (κ2) is 8.02. The molecule has 1 heterocycles. The fourth-order valence-corrected chi connectivity index (χ4v) is 3.84. The SMILES string of the molecule is Cc1ccc(CS(=O)(=O)NCCc2nc(-c3ccccc3F)oc2C)cc1. The minimum Gasteiger partial charge on any atom is -0.441 e. The molecular formula is C20H21FN2O3S. The van der Waals surface area contributed by atoms with E-state index in [1.165, 1.54) is 6.07 Å². The molecule has 1 N–H and O–H groups in total. The Balaban J connectivity index is 1.62. The van der Waals surface area contributed by atoms with Crippen LogP contribution in [0.5, 0.6) is 0 Å². The van der Waals surface area contributed by atoms with Gasteiger partial charge in [-0.15, -0.1) is 0 Å². The van der Waals surface area contributed by atoms with Crippen molar-refractivity contribution in [2.75, 3.05) is 6.54 Å². The van der Waals surface area contributed by atoms with Crippen molar-refractivity contribution in [3.63, 3.8) is 0 Å². The Labute approximate surface area is 158 Å². The number of aromatic nitrogens is 1. The van der Waals surface area contributed by atoms with Gasteiger partial charge in [0.05, 0.1) is 17.0 Å². The first-order valence-electron chi connectivity index (χ1n) is 8.58. The number of oxazole rings is 1. The van der Waals surface area contributed by atoms with E-state index in [0.29, 0.717) is 17.9 Å². The predicted molar refractivity (Wildman–Crippen MR) is 102 cm³/mol. The standard InChI is InChI=1S/C20H21FN2O3S/c1-14-7-9-16(10-8-14)13-27(24,25)22-12-11-19-15(2)26-20(23-19)17-5-3-4-6-18(17)21/h3-10,22H,11-13H2,1-2H3. The Hall–Kier alpha value is -2.51. The molecule has 0 spiro atoms. The molecule has 27 heavy (non-hydrogen) atoms. The fourth-order valence-electron chi connectivity index (χ4n) is 2.69. The highest BCUT2D eigenvalue weighted by molar-refractivity contribution is 7.88. The molecule has 0 fully saturated rings. The lowest BCUT2D eigenvalue weighted by atomic mass is 10.2. The van der Waals surface area contributed by atoms with E-state index in [1.54, 1.807) is 37.3 Å². The van der Waals surface area contributed by atoms with E-state index in [9.17, 15) is 12.8 Å². The van der Waals surface area contributed by atoms with Gasteiger partial charge in [0, 0.05) is 13.0 Å². The van der Waals surface area contributed by atoms with Gasteiger partial charge in [0.1, 0.15) is 11.6 Å². The summed E-state index contributed by atoms with van der Waals surface area (Å²) in [5, 5.41) is 0. The minimum absolute atomic E-state index is 0.0778. The molecule has 1 aromatic heterocycles. The van der Waals surface area contributed by atoms with Gasteiger partial charge in [-0.25, -0.2) is 22.5 Å². The number of hydrogen-bond acceptors (Lipinski definition) is 4. The molecule has 5 nitrogen and oxygen atoms in total. The fraction of sp³-hybridized carbons (Fsp3) is 0.250. The first-order chi connectivity index (χ1) is 12.8. The predicted octanol–water partition coefficient (Wildman–Crippen LogP) is 3.76. The molecule has 7 heteroatoms. The maximum atomic E-state index is 13.9. The van der Waals surface area contributed by atoms with Crippen LogP contribution in [-0.4, -0.2) is 19.9 Å². The second-order valence-corrected chi connectivity index (χ2v) is 8.20. The van der Waals surface area contributed by atoms with E-state index in [0.717, 1.165) is 11.1 Å². The Morgan fingerprint density at radius 3 is 2.48 bits per heavy atom. The molecule has 0 saturated heterocycles. The van der Waals surface area contributed by atoms with Gasteiger partial charge in [0.25, 0.3) is 0 Å². The van der Waals surface area contributed by atoms with Crippen molar-refractivity contribution in [3.8, 4) is 11.5 Å². The molecule has 3 aromatic rings. The minimum atomic E-state index is -3.45. The molecule has 3 rings (SSSR count). The molecule has 0 saturated carbocycles. The lowest BCUT2D eigenvalue weighted by Gasteiger charge is -2.06. The normalized spacial score (nSPS) is 11.7. The second-order valence-electron chi connectivity index (χ2n) is 6.39. The zero-order valence-electron chi connectivity index (χ0n) is 15.2. The van der Waals surface area contributed by atoms with Crippen LogP contribution >= 0.6 is 0 Å². The summed E-state index contributed by atoms with van der Waals surface area (Å²) in [6.45, 7) is 3.87. The van der Waals surface area contributed by atoms with Crippen LogP contribution in [0.15, 0.2) is 52.9 Å². The average Bonchev–Trinajstić information content (AvgIpc) is 2.98. The van der Waals surface area contributed by atoms with E-state index in [-0.39, 0.29) is 23.8 Å². The van der Waals surface area contributed by atoms with Crippen LogP contribution in [-0.2, 0) is 22.2 Å². The van der Waals surface area contributed by atoms with Gasteiger partial charge in [-0.3, -0.25) is 0 Å². The van der Waals surface area contributed by atoms with Crippen molar-refractivity contribution < 1.29 is 17.2 Å². The highest BCUT2D eigenvalue weighted by atomic mass is 32.2. The molecule has 0 unspecified atom stereocenters. The van der Waals surface area contributed by atoms with Crippen LogP contribution in [0.1, 0.15) is 22.6 Å². The van der Waals surface area contributed by atoms with Gasteiger partial charge in [0.2, 0.25) is 15.9 Å². The molecule has 0 aliphatic carbocycles. The summed E-state index contributed by atoms with van der Waals surface area (Å²) in [6.07, 6.45) is 0.358. The van der Waals surface area contributed by atoms with Crippen LogP contribution in [0.25, 0.3) is 11.5 Å². The summed E-state index contributed by atoms with van der Waals surface area (Å²) in [7, 11) is -3.45. The number of nitrogens with zero attached hydrogens (tertiary/aromatic N) is 1. The summed E-state index contributed by atoms with van der Waals surface area (Å²) < 4.78 is 46.4. The highest BCUT2D eigenvalue weighted by Gasteiger charge is 2.16. The number of hydrogen-bond donors (Lipinski definition) is 1. The smallest absolute Gasteiger partial charge is 0.229 e. The molecule has 0 aliphatic rings. The number of nitrogens with one attached hydrogen (secondary N) is 1. The molecule has 0 radical (unpaired) electrons. The number of benzene rings is 2. The van der Waals surface area contributed by atoms with E-state index < -0.39 is 15.8 Å². The van der Waals surface area contributed by atoms with Crippen LogP contribution in [0.3, 0.4) is 0 Å². The summed E-state index contributed by atoms with van der Waals surface area (Å²) in [6, 6.07) is 13.6. The van der Waals surface area contributed by atoms with Gasteiger partial charge in [-0.1, -0.05) is 42.0 Å². The maximum Gasteiger partial charge on any atom is 0.229 e. The quantitative estimate of drug-likeness (QED) is 0.669. The van der Waals surface area contributed by atoms with Crippen molar-refractivity contribution in [2.24, 2.45) is 0 Å².